The molecule has 0 saturated carbocycles. The quantitative estimate of drug-likeness (QED) is 0.172. The molecule has 0 N–H and O–H groups in total. The van der Waals surface area contributed by atoms with Gasteiger partial charge in [0, 0.05) is 44.8 Å². The largest absolute Gasteiger partial charge is 0.294 e. The Bertz CT molecular complexity index is 3090. The summed E-state index contributed by atoms with van der Waals surface area (Å²) in [6, 6.07) is 55.9. The van der Waals surface area contributed by atoms with Crippen molar-refractivity contribution in [3.8, 4) is 51.0 Å². The molecule has 10 aromatic rings. The fraction of sp³-hybridized carbons (Fsp3) is 0.0612. The minimum atomic E-state index is -0.262. The Balaban J connectivity index is 1.04. The normalized spacial score (nSPS) is 13.1. The third-order valence-electron chi connectivity index (χ3n) is 11.3. The minimum absolute atomic E-state index is 0.262. The number of pyridine rings is 1. The van der Waals surface area contributed by atoms with Gasteiger partial charge < -0.3 is 0 Å². The van der Waals surface area contributed by atoms with Crippen LogP contribution in [0.4, 0.5) is 0 Å². The van der Waals surface area contributed by atoms with Gasteiger partial charge in [-0.2, -0.15) is 0 Å². The smallest absolute Gasteiger partial charge is 0.164 e. The van der Waals surface area contributed by atoms with Crippen molar-refractivity contribution >= 4 is 43.5 Å². The summed E-state index contributed by atoms with van der Waals surface area (Å²) in [5.74, 6) is 1.96. The van der Waals surface area contributed by atoms with Gasteiger partial charge in [0.25, 0.3) is 0 Å². The van der Waals surface area contributed by atoms with Gasteiger partial charge in [0.1, 0.15) is 5.65 Å². The molecule has 0 saturated heterocycles. The molecular formula is C49H33N5. The molecule has 11 rings (SSSR count). The number of aromatic nitrogens is 5. The zero-order valence-electron chi connectivity index (χ0n) is 29.8. The molecule has 0 radical (unpaired) electrons. The van der Waals surface area contributed by atoms with Crippen LogP contribution >= 0.6 is 0 Å². The summed E-state index contributed by atoms with van der Waals surface area (Å²) in [5, 5.41) is 7.20. The summed E-state index contributed by atoms with van der Waals surface area (Å²) >= 11 is 0. The van der Waals surface area contributed by atoms with Crippen molar-refractivity contribution in [1.82, 2.24) is 24.5 Å². The van der Waals surface area contributed by atoms with E-state index < -0.39 is 0 Å². The van der Waals surface area contributed by atoms with Gasteiger partial charge in [-0.3, -0.25) is 4.57 Å². The van der Waals surface area contributed by atoms with Crippen molar-refractivity contribution in [3.63, 3.8) is 0 Å². The minimum Gasteiger partial charge on any atom is -0.294 e. The zero-order valence-corrected chi connectivity index (χ0v) is 29.8. The van der Waals surface area contributed by atoms with Gasteiger partial charge in [-0.25, -0.2) is 19.9 Å². The van der Waals surface area contributed by atoms with Crippen LogP contribution in [0.15, 0.2) is 164 Å². The molecule has 1 aliphatic rings. The second-order valence-corrected chi connectivity index (χ2v) is 14.7. The van der Waals surface area contributed by atoms with Crippen LogP contribution in [0, 0.1) is 0 Å². The Morgan fingerprint density at radius 3 is 1.89 bits per heavy atom. The van der Waals surface area contributed by atoms with Crippen molar-refractivity contribution in [1.29, 1.82) is 0 Å². The number of nitrogens with zero attached hydrogens (tertiary/aromatic N) is 5. The predicted molar refractivity (Wildman–Crippen MR) is 221 cm³/mol. The molecule has 5 heteroatoms. The summed E-state index contributed by atoms with van der Waals surface area (Å²) in [6.45, 7) is 4.64. The Hall–Kier alpha value is -6.98. The van der Waals surface area contributed by atoms with Crippen LogP contribution in [-0.2, 0) is 5.41 Å². The molecule has 0 amide bonds. The average molecular weight is 692 g/mol. The summed E-state index contributed by atoms with van der Waals surface area (Å²) in [7, 11) is 0. The summed E-state index contributed by atoms with van der Waals surface area (Å²) < 4.78 is 2.29. The molecule has 0 bridgehead atoms. The van der Waals surface area contributed by atoms with Gasteiger partial charge in [-0.15, -0.1) is 0 Å². The number of fused-ring (bicyclic) bond motifs is 9. The van der Waals surface area contributed by atoms with Crippen molar-refractivity contribution in [2.75, 3.05) is 0 Å². The van der Waals surface area contributed by atoms with Crippen LogP contribution in [0.25, 0.3) is 94.5 Å². The molecule has 0 aliphatic heterocycles. The SMILES string of the molecule is CC1(C)c2cc(-c3nc(-c4ccccc4)nc(-c4ccc5c(ccc6ccccc65)c4)n3)ccc2-c2ccc(-n3c4ccccc4c4cccnc43)cc21. The first-order valence-corrected chi connectivity index (χ1v) is 18.4. The molecule has 0 unspecified atom stereocenters. The van der Waals surface area contributed by atoms with E-state index in [1.807, 2.05) is 30.5 Å². The molecule has 254 valence electrons. The van der Waals surface area contributed by atoms with E-state index in [2.05, 4.69) is 152 Å². The zero-order chi connectivity index (χ0) is 36.0. The molecule has 1 aliphatic carbocycles. The first-order valence-electron chi connectivity index (χ1n) is 18.4. The Morgan fingerprint density at radius 2 is 1.06 bits per heavy atom. The van der Waals surface area contributed by atoms with E-state index >= 15 is 0 Å². The Kier molecular flexibility index (Phi) is 6.53. The fourth-order valence-electron chi connectivity index (χ4n) is 8.56. The average Bonchev–Trinajstić information content (AvgIpc) is 3.68. The van der Waals surface area contributed by atoms with Crippen molar-refractivity contribution < 1.29 is 0 Å². The first-order chi connectivity index (χ1) is 26.5. The highest BCUT2D eigenvalue weighted by Gasteiger charge is 2.36. The van der Waals surface area contributed by atoms with Crippen LogP contribution in [-0.4, -0.2) is 24.5 Å². The Labute approximate surface area is 312 Å². The fourth-order valence-corrected chi connectivity index (χ4v) is 8.56. The van der Waals surface area contributed by atoms with Crippen molar-refractivity contribution in [3.05, 3.63) is 175 Å². The second-order valence-electron chi connectivity index (χ2n) is 14.7. The summed E-state index contributed by atoms with van der Waals surface area (Å²) in [4.78, 5) is 20.2. The van der Waals surface area contributed by atoms with Gasteiger partial charge in [-0.1, -0.05) is 129 Å². The molecular weight excluding hydrogens is 659 g/mol. The van der Waals surface area contributed by atoms with Crippen LogP contribution in [0.2, 0.25) is 0 Å². The van der Waals surface area contributed by atoms with Crippen LogP contribution in [0.3, 0.4) is 0 Å². The lowest BCUT2D eigenvalue weighted by molar-refractivity contribution is 0.660. The lowest BCUT2D eigenvalue weighted by Gasteiger charge is -2.23. The topological polar surface area (TPSA) is 56.5 Å². The highest BCUT2D eigenvalue weighted by molar-refractivity contribution is 6.09. The number of para-hydroxylation sites is 1. The van der Waals surface area contributed by atoms with Crippen LogP contribution < -0.4 is 0 Å². The second kappa shape index (κ2) is 11.5. The molecule has 0 fully saturated rings. The molecule has 5 nitrogen and oxygen atoms in total. The van der Waals surface area contributed by atoms with E-state index in [-0.39, 0.29) is 5.41 Å². The predicted octanol–water partition coefficient (Wildman–Crippen LogP) is 12.0. The van der Waals surface area contributed by atoms with Crippen molar-refractivity contribution in [2.24, 2.45) is 0 Å². The van der Waals surface area contributed by atoms with Gasteiger partial charge in [0.2, 0.25) is 0 Å². The standard InChI is InChI=1S/C49H33N5/c1-49(2)42-28-34(21-24-38(42)39-25-22-35(29-43(39)49)54-44-17-9-8-15-40(44)41-16-10-26-50-48(41)54)47-52-45(31-12-4-3-5-13-31)51-46(53-47)33-20-23-37-32(27-33)19-18-30-11-6-7-14-36(30)37/h3-29H,1-2H3. The number of rotatable bonds is 4. The van der Waals surface area contributed by atoms with E-state index in [0.717, 1.165) is 44.3 Å². The van der Waals surface area contributed by atoms with E-state index in [0.29, 0.717) is 17.5 Å². The molecule has 54 heavy (non-hydrogen) atoms. The third kappa shape index (κ3) is 4.58. The van der Waals surface area contributed by atoms with Gasteiger partial charge in [0.05, 0.1) is 5.52 Å². The highest BCUT2D eigenvalue weighted by Crippen LogP contribution is 2.50. The molecule has 0 spiro atoms. The van der Waals surface area contributed by atoms with Crippen LogP contribution in [0.5, 0.6) is 0 Å². The molecule has 3 heterocycles. The lowest BCUT2D eigenvalue weighted by Crippen LogP contribution is -2.15. The highest BCUT2D eigenvalue weighted by atomic mass is 15.0. The summed E-state index contributed by atoms with van der Waals surface area (Å²) in [6.07, 6.45) is 1.88. The number of benzene rings is 7. The number of hydrogen-bond acceptors (Lipinski definition) is 4. The maximum Gasteiger partial charge on any atom is 0.164 e. The molecule has 0 atom stereocenters. The van der Waals surface area contributed by atoms with Gasteiger partial charge >= 0.3 is 0 Å². The Morgan fingerprint density at radius 1 is 0.444 bits per heavy atom. The summed E-state index contributed by atoms with van der Waals surface area (Å²) in [5.41, 5.74) is 10.9. The van der Waals surface area contributed by atoms with Gasteiger partial charge in [-0.05, 0) is 86.3 Å². The van der Waals surface area contributed by atoms with Crippen molar-refractivity contribution in [2.45, 2.75) is 19.3 Å². The monoisotopic (exact) mass is 691 g/mol. The van der Waals surface area contributed by atoms with E-state index in [4.69, 9.17) is 19.9 Å². The first kappa shape index (κ1) is 30.6. The van der Waals surface area contributed by atoms with E-state index in [9.17, 15) is 0 Å². The van der Waals surface area contributed by atoms with E-state index in [1.165, 1.54) is 43.8 Å². The maximum atomic E-state index is 5.16. The molecule has 3 aromatic heterocycles. The van der Waals surface area contributed by atoms with Crippen LogP contribution in [0.1, 0.15) is 25.0 Å². The number of hydrogen-bond donors (Lipinski definition) is 0. The molecule has 7 aromatic carbocycles. The maximum absolute atomic E-state index is 5.16. The van der Waals surface area contributed by atoms with Gasteiger partial charge in [0.15, 0.2) is 17.5 Å². The third-order valence-corrected chi connectivity index (χ3v) is 11.3. The lowest BCUT2D eigenvalue weighted by atomic mass is 9.82. The van der Waals surface area contributed by atoms with E-state index in [1.54, 1.807) is 0 Å².